The van der Waals surface area contributed by atoms with Gasteiger partial charge in [0, 0.05) is 25.0 Å². The lowest BCUT2D eigenvalue weighted by molar-refractivity contribution is 0.630. The standard InChI is InChI=1S/C13H19N5/c1-4-14-10-8-18-6-5-15-12(18)11(17-10)16-9-7-13(9,2)3/h5-6,8-9,14H,4,7H2,1-3H3,(H,16,17). The van der Waals surface area contributed by atoms with Crippen LogP contribution < -0.4 is 10.6 Å². The molecule has 18 heavy (non-hydrogen) atoms. The Morgan fingerprint density at radius 1 is 1.50 bits per heavy atom. The number of nitrogens with zero attached hydrogens (tertiary/aromatic N) is 3. The van der Waals surface area contributed by atoms with Crippen molar-refractivity contribution in [2.45, 2.75) is 33.2 Å². The molecule has 5 heteroatoms. The highest BCUT2D eigenvalue weighted by atomic mass is 15.2. The van der Waals surface area contributed by atoms with Crippen LogP contribution in [0.2, 0.25) is 0 Å². The Morgan fingerprint density at radius 3 is 2.94 bits per heavy atom. The van der Waals surface area contributed by atoms with Crippen molar-refractivity contribution in [3.05, 3.63) is 18.6 Å². The summed E-state index contributed by atoms with van der Waals surface area (Å²) in [7, 11) is 0. The minimum Gasteiger partial charge on any atom is -0.369 e. The summed E-state index contributed by atoms with van der Waals surface area (Å²) in [4.78, 5) is 8.96. The van der Waals surface area contributed by atoms with Gasteiger partial charge in [-0.25, -0.2) is 9.97 Å². The summed E-state index contributed by atoms with van der Waals surface area (Å²) in [6.07, 6.45) is 6.90. The first-order valence-electron chi connectivity index (χ1n) is 6.44. The minimum absolute atomic E-state index is 0.374. The molecule has 1 aliphatic carbocycles. The third-order valence-electron chi connectivity index (χ3n) is 3.56. The molecule has 0 aromatic carbocycles. The van der Waals surface area contributed by atoms with E-state index in [2.05, 4.69) is 41.4 Å². The van der Waals surface area contributed by atoms with Gasteiger partial charge in [0.2, 0.25) is 0 Å². The van der Waals surface area contributed by atoms with Crippen molar-refractivity contribution < 1.29 is 0 Å². The van der Waals surface area contributed by atoms with Crippen LogP contribution in [0, 0.1) is 5.41 Å². The minimum atomic E-state index is 0.374. The number of nitrogens with one attached hydrogen (secondary N) is 2. The summed E-state index contributed by atoms with van der Waals surface area (Å²) in [6, 6.07) is 0.502. The van der Waals surface area contributed by atoms with Crippen molar-refractivity contribution in [3.8, 4) is 0 Å². The van der Waals surface area contributed by atoms with Crippen LogP contribution in [-0.4, -0.2) is 27.0 Å². The van der Waals surface area contributed by atoms with Crippen molar-refractivity contribution in [2.75, 3.05) is 17.2 Å². The van der Waals surface area contributed by atoms with Crippen molar-refractivity contribution in [2.24, 2.45) is 5.41 Å². The molecule has 2 N–H and O–H groups in total. The highest BCUT2D eigenvalue weighted by Gasteiger charge is 2.46. The third kappa shape index (κ3) is 1.89. The lowest BCUT2D eigenvalue weighted by atomic mass is 10.2. The molecule has 2 aromatic heterocycles. The lowest BCUT2D eigenvalue weighted by Crippen LogP contribution is -2.12. The van der Waals surface area contributed by atoms with E-state index in [4.69, 9.17) is 0 Å². The van der Waals surface area contributed by atoms with E-state index >= 15 is 0 Å². The number of aromatic nitrogens is 3. The first kappa shape index (κ1) is 11.3. The molecule has 2 aromatic rings. The maximum atomic E-state index is 4.60. The Kier molecular flexibility index (Phi) is 2.43. The quantitative estimate of drug-likeness (QED) is 0.868. The normalized spacial score (nSPS) is 20.9. The average Bonchev–Trinajstić information content (AvgIpc) is 2.75. The summed E-state index contributed by atoms with van der Waals surface area (Å²) in [5.41, 5.74) is 1.26. The fourth-order valence-electron chi connectivity index (χ4n) is 2.17. The Hall–Kier alpha value is -1.78. The number of rotatable bonds is 4. The third-order valence-corrected chi connectivity index (χ3v) is 3.56. The Bertz CT molecular complexity index is 572. The number of fused-ring (bicyclic) bond motifs is 1. The number of hydrogen-bond acceptors (Lipinski definition) is 4. The van der Waals surface area contributed by atoms with Gasteiger partial charge in [-0.05, 0) is 18.8 Å². The van der Waals surface area contributed by atoms with Crippen LogP contribution in [0.15, 0.2) is 18.6 Å². The first-order chi connectivity index (χ1) is 8.60. The molecule has 1 aliphatic rings. The zero-order valence-corrected chi connectivity index (χ0v) is 11.1. The van der Waals surface area contributed by atoms with Gasteiger partial charge >= 0.3 is 0 Å². The first-order valence-corrected chi connectivity index (χ1v) is 6.44. The summed E-state index contributed by atoms with van der Waals surface area (Å²) in [6.45, 7) is 7.46. The predicted molar refractivity (Wildman–Crippen MR) is 73.0 cm³/mol. The molecule has 1 saturated carbocycles. The van der Waals surface area contributed by atoms with Crippen molar-refractivity contribution in [1.82, 2.24) is 14.4 Å². The van der Waals surface area contributed by atoms with Crippen molar-refractivity contribution in [1.29, 1.82) is 0 Å². The molecule has 96 valence electrons. The van der Waals surface area contributed by atoms with Crippen molar-refractivity contribution >= 4 is 17.3 Å². The van der Waals surface area contributed by atoms with Gasteiger partial charge in [-0.15, -0.1) is 0 Å². The SMILES string of the molecule is CCNc1cn2ccnc2c(NC2CC2(C)C)n1. The maximum Gasteiger partial charge on any atom is 0.180 e. The fourth-order valence-corrected chi connectivity index (χ4v) is 2.17. The summed E-state index contributed by atoms with van der Waals surface area (Å²) in [5, 5.41) is 6.74. The van der Waals surface area contributed by atoms with Gasteiger partial charge in [-0.2, -0.15) is 0 Å². The van der Waals surface area contributed by atoms with Crippen LogP contribution >= 0.6 is 0 Å². The smallest absolute Gasteiger partial charge is 0.180 e. The highest BCUT2D eigenvalue weighted by Crippen LogP contribution is 2.46. The molecule has 1 unspecified atom stereocenters. The van der Waals surface area contributed by atoms with Gasteiger partial charge in [0.05, 0.1) is 6.20 Å². The van der Waals surface area contributed by atoms with E-state index in [0.717, 1.165) is 23.8 Å². The van der Waals surface area contributed by atoms with E-state index in [-0.39, 0.29) is 0 Å². The van der Waals surface area contributed by atoms with E-state index in [9.17, 15) is 0 Å². The maximum absolute atomic E-state index is 4.60. The average molecular weight is 245 g/mol. The molecule has 0 saturated heterocycles. The molecule has 3 rings (SSSR count). The van der Waals surface area contributed by atoms with E-state index in [0.29, 0.717) is 11.5 Å². The van der Waals surface area contributed by atoms with Crippen LogP contribution in [0.3, 0.4) is 0 Å². The molecule has 1 fully saturated rings. The highest BCUT2D eigenvalue weighted by molar-refractivity contribution is 5.66. The van der Waals surface area contributed by atoms with Crippen LogP contribution in [0.1, 0.15) is 27.2 Å². The van der Waals surface area contributed by atoms with Gasteiger partial charge in [-0.1, -0.05) is 13.8 Å². The Morgan fingerprint density at radius 2 is 2.28 bits per heavy atom. The van der Waals surface area contributed by atoms with E-state index in [1.54, 1.807) is 6.20 Å². The van der Waals surface area contributed by atoms with Gasteiger partial charge in [0.25, 0.3) is 0 Å². The second-order valence-corrected chi connectivity index (χ2v) is 5.55. The zero-order valence-electron chi connectivity index (χ0n) is 11.1. The molecule has 2 heterocycles. The fraction of sp³-hybridized carbons (Fsp3) is 0.538. The van der Waals surface area contributed by atoms with E-state index < -0.39 is 0 Å². The molecule has 5 nitrogen and oxygen atoms in total. The second kappa shape index (κ2) is 3.86. The molecule has 0 amide bonds. The molecule has 0 spiro atoms. The summed E-state index contributed by atoms with van der Waals surface area (Å²) in [5.74, 6) is 1.75. The van der Waals surface area contributed by atoms with Gasteiger partial charge in [0.15, 0.2) is 11.5 Å². The van der Waals surface area contributed by atoms with Crippen molar-refractivity contribution in [3.63, 3.8) is 0 Å². The van der Waals surface area contributed by atoms with E-state index in [1.807, 2.05) is 16.8 Å². The zero-order chi connectivity index (χ0) is 12.8. The molecule has 0 radical (unpaired) electrons. The number of imidazole rings is 1. The van der Waals surface area contributed by atoms with Crippen LogP contribution in [-0.2, 0) is 0 Å². The molecule has 1 atom stereocenters. The Labute approximate surface area is 107 Å². The van der Waals surface area contributed by atoms with Crippen LogP contribution in [0.25, 0.3) is 5.65 Å². The molecule has 0 bridgehead atoms. The van der Waals surface area contributed by atoms with Crippen LogP contribution in [0.4, 0.5) is 11.6 Å². The predicted octanol–water partition coefficient (Wildman–Crippen LogP) is 2.37. The summed E-state index contributed by atoms with van der Waals surface area (Å²) >= 11 is 0. The number of anilines is 2. The molecule has 0 aliphatic heterocycles. The number of hydrogen-bond donors (Lipinski definition) is 2. The van der Waals surface area contributed by atoms with Crippen LogP contribution in [0.5, 0.6) is 0 Å². The summed E-state index contributed by atoms with van der Waals surface area (Å²) < 4.78 is 2.00. The van der Waals surface area contributed by atoms with Gasteiger partial charge < -0.3 is 15.0 Å². The largest absolute Gasteiger partial charge is 0.369 e. The van der Waals surface area contributed by atoms with Gasteiger partial charge in [0.1, 0.15) is 5.82 Å². The lowest BCUT2D eigenvalue weighted by Gasteiger charge is -2.11. The van der Waals surface area contributed by atoms with E-state index in [1.165, 1.54) is 6.42 Å². The van der Waals surface area contributed by atoms with Gasteiger partial charge in [-0.3, -0.25) is 0 Å². The molecular formula is C13H19N5. The monoisotopic (exact) mass is 245 g/mol. The second-order valence-electron chi connectivity index (χ2n) is 5.55. The Balaban J connectivity index is 1.95. The molecular weight excluding hydrogens is 226 g/mol. The topological polar surface area (TPSA) is 54.2 Å².